The molecule has 0 saturated heterocycles. The molecule has 0 aliphatic heterocycles. The maximum absolute atomic E-state index is 13.3. The fraction of sp³-hybridized carbons (Fsp3) is 0.423. The van der Waals surface area contributed by atoms with Crippen molar-refractivity contribution >= 4 is 17.2 Å². The van der Waals surface area contributed by atoms with E-state index in [2.05, 4.69) is 38.3 Å². The van der Waals surface area contributed by atoms with Crippen LogP contribution in [0, 0.1) is 6.92 Å². The number of hydrogen-bond acceptors (Lipinski definition) is 3. The number of nitrogens with zero attached hydrogens (tertiary/aromatic N) is 1. The summed E-state index contributed by atoms with van der Waals surface area (Å²) in [6, 6.07) is 13.7. The van der Waals surface area contributed by atoms with E-state index in [1.165, 1.54) is 12.8 Å². The van der Waals surface area contributed by atoms with Crippen LogP contribution in [0.5, 0.6) is 0 Å². The average molecular weight is 394 g/mol. The van der Waals surface area contributed by atoms with Gasteiger partial charge in [-0.05, 0) is 51.0 Å². The number of aryl methyl sites for hydroxylation is 1. The molecule has 2 aromatic rings. The van der Waals surface area contributed by atoms with Crippen LogP contribution in [0.1, 0.15) is 73.5 Å². The third-order valence-electron chi connectivity index (χ3n) is 5.33. The van der Waals surface area contributed by atoms with Gasteiger partial charge in [-0.1, -0.05) is 57.0 Å². The van der Waals surface area contributed by atoms with Crippen LogP contribution in [0.3, 0.4) is 0 Å². The van der Waals surface area contributed by atoms with Crippen molar-refractivity contribution in [2.24, 2.45) is 0 Å². The number of unbranched alkanes of at least 4 members (excludes halogenated alkanes) is 3. The summed E-state index contributed by atoms with van der Waals surface area (Å²) in [5, 5.41) is 0. The minimum atomic E-state index is 0.0138. The normalized spacial score (nSPS) is 10.6. The summed E-state index contributed by atoms with van der Waals surface area (Å²) in [4.78, 5) is 15.6. The quantitative estimate of drug-likeness (QED) is 0.230. The molecule has 2 rings (SSSR count). The second-order valence-electron chi connectivity index (χ2n) is 7.38. The fourth-order valence-electron chi connectivity index (χ4n) is 3.56. The van der Waals surface area contributed by atoms with Gasteiger partial charge in [0.15, 0.2) is 5.78 Å². The second kappa shape index (κ2) is 11.5. The van der Waals surface area contributed by atoms with Crippen molar-refractivity contribution in [3.8, 4) is 0 Å². The van der Waals surface area contributed by atoms with E-state index >= 15 is 0 Å². The van der Waals surface area contributed by atoms with E-state index in [4.69, 9.17) is 4.74 Å². The Morgan fingerprint density at radius 1 is 0.931 bits per heavy atom. The molecule has 0 spiro atoms. The number of carbonyl (C=O) groups excluding carboxylic acids is 1. The fourth-order valence-corrected chi connectivity index (χ4v) is 3.56. The molecule has 0 aliphatic rings. The van der Waals surface area contributed by atoms with Gasteiger partial charge in [0.2, 0.25) is 0 Å². The summed E-state index contributed by atoms with van der Waals surface area (Å²) in [6.45, 7) is 15.1. The number of benzene rings is 2. The number of ketones is 1. The van der Waals surface area contributed by atoms with Gasteiger partial charge >= 0.3 is 0 Å². The topological polar surface area (TPSA) is 29.5 Å². The van der Waals surface area contributed by atoms with E-state index in [-0.39, 0.29) is 5.78 Å². The van der Waals surface area contributed by atoms with Crippen molar-refractivity contribution in [2.45, 2.75) is 53.4 Å². The second-order valence-corrected chi connectivity index (χ2v) is 7.38. The molecule has 0 radical (unpaired) electrons. The Morgan fingerprint density at radius 2 is 1.62 bits per heavy atom. The van der Waals surface area contributed by atoms with Gasteiger partial charge in [-0.15, -0.1) is 0 Å². The van der Waals surface area contributed by atoms with Gasteiger partial charge in [0.25, 0.3) is 0 Å². The zero-order valence-corrected chi connectivity index (χ0v) is 18.5. The van der Waals surface area contributed by atoms with Crippen molar-refractivity contribution in [2.75, 3.05) is 24.6 Å². The summed E-state index contributed by atoms with van der Waals surface area (Å²) >= 11 is 0. The van der Waals surface area contributed by atoms with Gasteiger partial charge in [0.1, 0.15) is 5.76 Å². The third kappa shape index (κ3) is 5.96. The van der Waals surface area contributed by atoms with Gasteiger partial charge < -0.3 is 9.64 Å². The van der Waals surface area contributed by atoms with E-state index in [0.29, 0.717) is 17.9 Å². The Kier molecular flexibility index (Phi) is 8.98. The lowest BCUT2D eigenvalue weighted by atomic mass is 9.94. The van der Waals surface area contributed by atoms with Crippen LogP contribution < -0.4 is 4.90 Å². The van der Waals surface area contributed by atoms with Crippen molar-refractivity contribution in [1.82, 2.24) is 0 Å². The van der Waals surface area contributed by atoms with Crippen LogP contribution in [0.25, 0.3) is 5.76 Å². The number of hydrogen-bond donors (Lipinski definition) is 0. The largest absolute Gasteiger partial charge is 0.494 e. The van der Waals surface area contributed by atoms with Gasteiger partial charge in [0, 0.05) is 35.5 Å². The van der Waals surface area contributed by atoms with E-state index in [9.17, 15) is 4.79 Å². The van der Waals surface area contributed by atoms with Gasteiger partial charge in [-0.25, -0.2) is 0 Å². The van der Waals surface area contributed by atoms with Gasteiger partial charge in [0.05, 0.1) is 6.61 Å². The smallest absolute Gasteiger partial charge is 0.194 e. The van der Waals surface area contributed by atoms with Crippen LogP contribution in [0.4, 0.5) is 5.69 Å². The summed E-state index contributed by atoms with van der Waals surface area (Å²) in [7, 11) is 0. The molecule has 2 aromatic carbocycles. The highest BCUT2D eigenvalue weighted by atomic mass is 16.5. The Balaban J connectivity index is 2.20. The first-order chi connectivity index (χ1) is 14.0. The molecule has 0 heterocycles. The molecule has 0 bridgehead atoms. The highest BCUT2D eigenvalue weighted by Crippen LogP contribution is 2.26. The first kappa shape index (κ1) is 22.7. The van der Waals surface area contributed by atoms with Gasteiger partial charge in [-0.3, -0.25) is 4.79 Å². The molecular weight excluding hydrogens is 358 g/mol. The monoisotopic (exact) mass is 393 g/mol. The Bertz CT molecular complexity index is 821. The average Bonchev–Trinajstić information content (AvgIpc) is 2.74. The van der Waals surface area contributed by atoms with Crippen LogP contribution in [-0.4, -0.2) is 25.5 Å². The minimum absolute atomic E-state index is 0.0138. The third-order valence-corrected chi connectivity index (χ3v) is 5.33. The molecule has 0 unspecified atom stereocenters. The predicted octanol–water partition coefficient (Wildman–Crippen LogP) is 6.64. The first-order valence-corrected chi connectivity index (χ1v) is 10.8. The molecule has 0 N–H and O–H groups in total. The lowest BCUT2D eigenvalue weighted by Crippen LogP contribution is -2.22. The summed E-state index contributed by atoms with van der Waals surface area (Å²) in [6.07, 6.45) is 4.58. The van der Waals surface area contributed by atoms with E-state index in [0.717, 1.165) is 48.3 Å². The predicted molar refractivity (Wildman–Crippen MR) is 124 cm³/mol. The summed E-state index contributed by atoms with van der Waals surface area (Å²) in [5.41, 5.74) is 4.28. The number of carbonyl (C=O) groups is 1. The van der Waals surface area contributed by atoms with Gasteiger partial charge in [-0.2, -0.15) is 0 Å². The lowest BCUT2D eigenvalue weighted by molar-refractivity contribution is 0.103. The zero-order valence-electron chi connectivity index (χ0n) is 18.5. The summed E-state index contributed by atoms with van der Waals surface area (Å²) in [5.74, 6) is 0.586. The standard InChI is InChI=1S/C26H35NO2/c1-6-9-10-13-18-29-21(5)24-14-11-12-15-25(24)26(28)23-17-16-22(19-20(23)4)27(7-2)8-3/h11-12,14-17,19H,5-10,13,18H2,1-4H3. The van der Waals surface area contributed by atoms with Crippen molar-refractivity contribution in [1.29, 1.82) is 0 Å². The number of anilines is 1. The lowest BCUT2D eigenvalue weighted by Gasteiger charge is -2.22. The molecule has 3 nitrogen and oxygen atoms in total. The molecule has 0 aliphatic carbocycles. The van der Waals surface area contributed by atoms with Crippen molar-refractivity contribution in [3.63, 3.8) is 0 Å². The molecule has 0 saturated carbocycles. The maximum Gasteiger partial charge on any atom is 0.194 e. The molecule has 0 amide bonds. The summed E-state index contributed by atoms with van der Waals surface area (Å²) < 4.78 is 5.86. The molecule has 0 fully saturated rings. The van der Waals surface area contributed by atoms with Crippen molar-refractivity contribution < 1.29 is 9.53 Å². The maximum atomic E-state index is 13.3. The highest BCUT2D eigenvalue weighted by molar-refractivity contribution is 6.12. The zero-order chi connectivity index (χ0) is 21.2. The highest BCUT2D eigenvalue weighted by Gasteiger charge is 2.18. The molecule has 29 heavy (non-hydrogen) atoms. The van der Waals surface area contributed by atoms with Crippen LogP contribution in [-0.2, 0) is 4.74 Å². The Morgan fingerprint density at radius 3 is 2.24 bits per heavy atom. The Labute approximate surface area is 176 Å². The SMILES string of the molecule is C=C(OCCCCCC)c1ccccc1C(=O)c1ccc(N(CC)CC)cc1C. The first-order valence-electron chi connectivity index (χ1n) is 10.8. The van der Waals surface area contributed by atoms with Crippen LogP contribution in [0.15, 0.2) is 49.0 Å². The van der Waals surface area contributed by atoms with E-state index < -0.39 is 0 Å². The molecular formula is C26H35NO2. The molecule has 3 heteroatoms. The number of rotatable bonds is 12. The minimum Gasteiger partial charge on any atom is -0.494 e. The van der Waals surface area contributed by atoms with Crippen LogP contribution in [0.2, 0.25) is 0 Å². The van der Waals surface area contributed by atoms with E-state index in [1.54, 1.807) is 0 Å². The van der Waals surface area contributed by atoms with E-state index in [1.807, 2.05) is 43.3 Å². The van der Waals surface area contributed by atoms with Crippen LogP contribution >= 0.6 is 0 Å². The Hall–Kier alpha value is -2.55. The molecule has 0 aromatic heterocycles. The van der Waals surface area contributed by atoms with Crippen molar-refractivity contribution in [3.05, 3.63) is 71.3 Å². The molecule has 0 atom stereocenters. The number of ether oxygens (including phenoxy) is 1. The molecule has 156 valence electrons.